The first-order valence-electron chi connectivity index (χ1n) is 4.47. The van der Waals surface area contributed by atoms with E-state index in [0.29, 0.717) is 4.88 Å². The van der Waals surface area contributed by atoms with Crippen LogP contribution in [0, 0.1) is 0 Å². The van der Waals surface area contributed by atoms with E-state index in [-0.39, 0.29) is 17.5 Å². The fraction of sp³-hybridized carbons (Fsp3) is 0.125. The summed E-state index contributed by atoms with van der Waals surface area (Å²) in [5, 5.41) is 17.6. The Kier molecular flexibility index (Phi) is 3.31. The Balaban J connectivity index is 2.32. The first-order valence-corrected chi connectivity index (χ1v) is 6.83. The minimum absolute atomic E-state index is 0.0254. The molecule has 17 heavy (non-hydrogen) atoms. The molecule has 0 saturated heterocycles. The molecule has 2 rings (SSSR count). The largest absolute Gasteiger partial charge is 0.391 e. The fourth-order valence-electron chi connectivity index (χ4n) is 1.15. The van der Waals surface area contributed by atoms with Gasteiger partial charge >= 0.3 is 0 Å². The number of hydrogen-bond acceptors (Lipinski definition) is 7. The summed E-state index contributed by atoms with van der Waals surface area (Å²) >= 11 is 1.16. The van der Waals surface area contributed by atoms with E-state index in [1.807, 2.05) is 0 Å². The van der Waals surface area contributed by atoms with E-state index in [4.69, 9.17) is 5.11 Å². The molecule has 0 aromatic carbocycles. The van der Waals surface area contributed by atoms with Crippen molar-refractivity contribution in [2.45, 2.75) is 11.5 Å². The van der Waals surface area contributed by atoms with E-state index in [1.165, 1.54) is 18.5 Å². The zero-order valence-corrected chi connectivity index (χ0v) is 10.1. The van der Waals surface area contributed by atoms with Crippen LogP contribution >= 0.6 is 11.3 Å². The molecule has 0 saturated carbocycles. The molecule has 2 N–H and O–H groups in total. The van der Waals surface area contributed by atoms with Gasteiger partial charge in [0.1, 0.15) is 4.90 Å². The highest BCUT2D eigenvalue weighted by Gasteiger charge is 2.20. The van der Waals surface area contributed by atoms with Crippen LogP contribution in [0.3, 0.4) is 0 Å². The van der Waals surface area contributed by atoms with Crippen molar-refractivity contribution in [3.63, 3.8) is 0 Å². The number of sulfonamides is 1. The predicted molar refractivity (Wildman–Crippen MR) is 60.9 cm³/mol. The van der Waals surface area contributed by atoms with Crippen LogP contribution in [0.5, 0.6) is 0 Å². The van der Waals surface area contributed by atoms with Crippen LogP contribution in [0.1, 0.15) is 4.88 Å². The Morgan fingerprint density at radius 3 is 2.88 bits per heavy atom. The number of rotatable bonds is 4. The SMILES string of the molecule is O=S(=O)(Nc1nccnn1)c1ccsc1CO. The van der Waals surface area contributed by atoms with E-state index in [2.05, 4.69) is 19.9 Å². The number of anilines is 1. The molecule has 0 atom stereocenters. The summed E-state index contributed by atoms with van der Waals surface area (Å²) in [7, 11) is -3.78. The van der Waals surface area contributed by atoms with Gasteiger partial charge in [0.2, 0.25) is 0 Å². The standard InChI is InChI=1S/C8H8N4O3S2/c13-5-6-7(1-4-16-6)17(14,15)12-8-9-2-3-10-11-8/h1-4,13H,5H2,(H,9,11,12). The van der Waals surface area contributed by atoms with E-state index < -0.39 is 10.0 Å². The summed E-state index contributed by atoms with van der Waals surface area (Å²) in [5.41, 5.74) is 0. The molecule has 7 nitrogen and oxygen atoms in total. The molecule has 0 aliphatic rings. The maximum absolute atomic E-state index is 11.9. The van der Waals surface area contributed by atoms with E-state index >= 15 is 0 Å². The van der Waals surface area contributed by atoms with Gasteiger partial charge in [0.25, 0.3) is 16.0 Å². The van der Waals surface area contributed by atoms with Crippen molar-refractivity contribution in [2.24, 2.45) is 0 Å². The maximum atomic E-state index is 11.9. The van der Waals surface area contributed by atoms with E-state index in [0.717, 1.165) is 11.3 Å². The van der Waals surface area contributed by atoms with Gasteiger partial charge in [-0.1, -0.05) is 0 Å². The van der Waals surface area contributed by atoms with Crippen LogP contribution in [0.4, 0.5) is 5.95 Å². The molecule has 0 aliphatic heterocycles. The third kappa shape index (κ3) is 2.57. The first kappa shape index (κ1) is 11.9. The Bertz CT molecular complexity index is 596. The Morgan fingerprint density at radius 2 is 2.24 bits per heavy atom. The van der Waals surface area contributed by atoms with Gasteiger partial charge in [-0.15, -0.1) is 16.4 Å². The monoisotopic (exact) mass is 272 g/mol. The topological polar surface area (TPSA) is 105 Å². The van der Waals surface area contributed by atoms with Crippen LogP contribution < -0.4 is 4.72 Å². The number of hydrogen-bond donors (Lipinski definition) is 2. The quantitative estimate of drug-likeness (QED) is 0.825. The summed E-state index contributed by atoms with van der Waals surface area (Å²) < 4.78 is 26.0. The molecule has 0 spiro atoms. The molecule has 2 aromatic heterocycles. The van der Waals surface area contributed by atoms with E-state index in [1.54, 1.807) is 5.38 Å². The first-order chi connectivity index (χ1) is 8.13. The van der Waals surface area contributed by atoms with Crippen molar-refractivity contribution in [3.05, 3.63) is 28.7 Å². The molecule has 9 heteroatoms. The molecular weight excluding hydrogens is 264 g/mol. The highest BCUT2D eigenvalue weighted by atomic mass is 32.2. The highest BCUT2D eigenvalue weighted by Crippen LogP contribution is 2.23. The molecule has 0 radical (unpaired) electrons. The smallest absolute Gasteiger partial charge is 0.265 e. The summed E-state index contributed by atoms with van der Waals surface area (Å²) in [4.78, 5) is 4.09. The highest BCUT2D eigenvalue weighted by molar-refractivity contribution is 7.92. The van der Waals surface area contributed by atoms with Gasteiger partial charge < -0.3 is 5.11 Å². The lowest BCUT2D eigenvalue weighted by Gasteiger charge is -2.05. The van der Waals surface area contributed by atoms with Gasteiger partial charge in [-0.2, -0.15) is 5.10 Å². The van der Waals surface area contributed by atoms with Gasteiger partial charge in [-0.05, 0) is 11.4 Å². The number of nitrogens with one attached hydrogen (secondary N) is 1. The van der Waals surface area contributed by atoms with Gasteiger partial charge in [0, 0.05) is 0 Å². The molecule has 0 unspecified atom stereocenters. The van der Waals surface area contributed by atoms with Crippen molar-refractivity contribution >= 4 is 27.3 Å². The summed E-state index contributed by atoms with van der Waals surface area (Å²) in [6.45, 7) is -0.332. The normalized spacial score (nSPS) is 11.4. The van der Waals surface area contributed by atoms with Crippen LogP contribution in [-0.4, -0.2) is 28.7 Å². The number of aromatic nitrogens is 3. The van der Waals surface area contributed by atoms with Crippen molar-refractivity contribution in [1.82, 2.24) is 15.2 Å². The molecule has 90 valence electrons. The lowest BCUT2D eigenvalue weighted by molar-refractivity contribution is 0.282. The molecule has 2 aromatic rings. The summed E-state index contributed by atoms with van der Waals surface area (Å²) in [6, 6.07) is 1.41. The third-order valence-corrected chi connectivity index (χ3v) is 4.29. The van der Waals surface area contributed by atoms with Crippen LogP contribution in [-0.2, 0) is 16.6 Å². The molecular formula is C8H8N4O3S2. The van der Waals surface area contributed by atoms with Crippen molar-refractivity contribution in [2.75, 3.05) is 4.72 Å². The second-order valence-electron chi connectivity index (χ2n) is 2.94. The van der Waals surface area contributed by atoms with Crippen LogP contribution in [0.2, 0.25) is 0 Å². The molecule has 0 amide bonds. The average Bonchev–Trinajstić information content (AvgIpc) is 2.78. The zero-order valence-electron chi connectivity index (χ0n) is 8.44. The number of nitrogens with zero attached hydrogens (tertiary/aromatic N) is 3. The summed E-state index contributed by atoms with van der Waals surface area (Å²) in [6.07, 6.45) is 2.66. The van der Waals surface area contributed by atoms with Crippen molar-refractivity contribution < 1.29 is 13.5 Å². The molecule has 2 heterocycles. The lowest BCUT2D eigenvalue weighted by Crippen LogP contribution is -2.15. The van der Waals surface area contributed by atoms with Crippen molar-refractivity contribution in [1.29, 1.82) is 0 Å². The average molecular weight is 272 g/mol. The Hall–Kier alpha value is -1.58. The molecule has 0 bridgehead atoms. The summed E-state index contributed by atoms with van der Waals surface area (Å²) in [5.74, 6) is -0.109. The minimum Gasteiger partial charge on any atom is -0.391 e. The predicted octanol–water partition coefficient (Wildman–Crippen LogP) is 0.226. The number of aliphatic hydroxyl groups excluding tert-OH is 1. The van der Waals surface area contributed by atoms with Crippen LogP contribution in [0.15, 0.2) is 28.7 Å². The Morgan fingerprint density at radius 1 is 1.41 bits per heavy atom. The lowest BCUT2D eigenvalue weighted by atomic mass is 10.5. The second-order valence-corrected chi connectivity index (χ2v) is 5.59. The maximum Gasteiger partial charge on any atom is 0.265 e. The molecule has 0 fully saturated rings. The zero-order chi connectivity index (χ0) is 12.3. The molecule has 0 aliphatic carbocycles. The van der Waals surface area contributed by atoms with Gasteiger partial charge in [-0.3, -0.25) is 0 Å². The van der Waals surface area contributed by atoms with Gasteiger partial charge in [0.05, 0.1) is 23.9 Å². The fourth-order valence-corrected chi connectivity index (χ4v) is 3.40. The van der Waals surface area contributed by atoms with Crippen molar-refractivity contribution in [3.8, 4) is 0 Å². The van der Waals surface area contributed by atoms with E-state index in [9.17, 15) is 8.42 Å². The second kappa shape index (κ2) is 4.73. The van der Waals surface area contributed by atoms with Gasteiger partial charge in [-0.25, -0.2) is 18.1 Å². The number of thiophene rings is 1. The van der Waals surface area contributed by atoms with Gasteiger partial charge in [0.15, 0.2) is 0 Å². The third-order valence-electron chi connectivity index (χ3n) is 1.85. The van der Waals surface area contributed by atoms with Crippen LogP contribution in [0.25, 0.3) is 0 Å². The Labute approximate surface area is 101 Å². The minimum atomic E-state index is -3.78. The number of aliphatic hydroxyl groups is 1.